The van der Waals surface area contributed by atoms with Crippen LogP contribution < -0.4 is 19.5 Å². The Morgan fingerprint density at radius 3 is 2.58 bits per heavy atom. The molecule has 138 valence electrons. The Labute approximate surface area is 154 Å². The highest BCUT2D eigenvalue weighted by Crippen LogP contribution is 2.34. The normalized spacial score (nSPS) is 14.0. The molecule has 5 heteroatoms. The summed E-state index contributed by atoms with van der Waals surface area (Å²) in [6, 6.07) is 13.4. The number of benzene rings is 2. The summed E-state index contributed by atoms with van der Waals surface area (Å²) < 4.78 is 16.9. The summed E-state index contributed by atoms with van der Waals surface area (Å²) in [4.78, 5) is 12.4. The minimum Gasteiger partial charge on any atom is -0.486 e. The van der Waals surface area contributed by atoms with E-state index in [1.54, 1.807) is 0 Å². The maximum Gasteiger partial charge on any atom is 0.258 e. The Morgan fingerprint density at radius 1 is 1.12 bits per heavy atom. The number of fused-ring (bicyclic) bond motifs is 1. The van der Waals surface area contributed by atoms with E-state index in [0.29, 0.717) is 13.2 Å². The monoisotopic (exact) mass is 355 g/mol. The largest absolute Gasteiger partial charge is 0.486 e. The molecule has 1 aliphatic heterocycles. The summed E-state index contributed by atoms with van der Waals surface area (Å²) >= 11 is 0. The van der Waals surface area contributed by atoms with E-state index < -0.39 is 0 Å². The summed E-state index contributed by atoms with van der Waals surface area (Å²) in [6.07, 6.45) is 0. The lowest BCUT2D eigenvalue weighted by Gasteiger charge is -2.25. The highest BCUT2D eigenvalue weighted by molar-refractivity contribution is 5.78. The molecule has 0 saturated heterocycles. The van der Waals surface area contributed by atoms with Crippen LogP contribution in [0, 0.1) is 12.8 Å². The van der Waals surface area contributed by atoms with Crippen LogP contribution in [0.25, 0.3) is 0 Å². The third-order valence-corrected chi connectivity index (χ3v) is 4.36. The summed E-state index contributed by atoms with van der Waals surface area (Å²) in [5, 5.41) is 3.07. The number of para-hydroxylation sites is 1. The Kier molecular flexibility index (Phi) is 5.66. The SMILES string of the molecule is Cc1ccccc1OCC(=O)N[C@H](c1ccc2c(c1)OCCO2)C(C)C. The molecule has 0 radical (unpaired) electrons. The second-order valence-electron chi connectivity index (χ2n) is 6.75. The van der Waals surface area contributed by atoms with Crippen molar-refractivity contribution in [2.75, 3.05) is 19.8 Å². The summed E-state index contributed by atoms with van der Waals surface area (Å²) in [5.41, 5.74) is 2.00. The average Bonchev–Trinajstić information content (AvgIpc) is 2.65. The predicted octanol–water partition coefficient (Wildman–Crippen LogP) is 3.66. The lowest BCUT2D eigenvalue weighted by Crippen LogP contribution is -2.35. The molecular weight excluding hydrogens is 330 g/mol. The van der Waals surface area contributed by atoms with Crippen molar-refractivity contribution in [1.82, 2.24) is 5.32 Å². The second-order valence-corrected chi connectivity index (χ2v) is 6.75. The zero-order chi connectivity index (χ0) is 18.5. The summed E-state index contributed by atoms with van der Waals surface area (Å²) in [7, 11) is 0. The smallest absolute Gasteiger partial charge is 0.258 e. The van der Waals surface area contributed by atoms with E-state index in [2.05, 4.69) is 19.2 Å². The molecule has 0 aromatic heterocycles. The van der Waals surface area contributed by atoms with Crippen LogP contribution in [0.1, 0.15) is 31.0 Å². The van der Waals surface area contributed by atoms with Crippen LogP contribution in [0.2, 0.25) is 0 Å². The van der Waals surface area contributed by atoms with Crippen LogP contribution in [0.5, 0.6) is 17.2 Å². The molecule has 1 amide bonds. The van der Waals surface area contributed by atoms with Crippen molar-refractivity contribution in [3.63, 3.8) is 0 Å². The average molecular weight is 355 g/mol. The van der Waals surface area contributed by atoms with Gasteiger partial charge in [0.2, 0.25) is 0 Å². The predicted molar refractivity (Wildman–Crippen MR) is 99.8 cm³/mol. The van der Waals surface area contributed by atoms with Gasteiger partial charge in [0.1, 0.15) is 19.0 Å². The number of hydrogen-bond donors (Lipinski definition) is 1. The molecule has 0 spiro atoms. The van der Waals surface area contributed by atoms with Gasteiger partial charge in [0.05, 0.1) is 6.04 Å². The van der Waals surface area contributed by atoms with E-state index >= 15 is 0 Å². The maximum atomic E-state index is 12.4. The minimum absolute atomic E-state index is 0.0153. The van der Waals surface area contributed by atoms with Gasteiger partial charge in [-0.1, -0.05) is 38.1 Å². The molecule has 2 aromatic carbocycles. The zero-order valence-electron chi connectivity index (χ0n) is 15.5. The first-order valence-corrected chi connectivity index (χ1v) is 8.92. The van der Waals surface area contributed by atoms with Crippen LogP contribution in [0.3, 0.4) is 0 Å². The number of amides is 1. The first-order valence-electron chi connectivity index (χ1n) is 8.92. The molecule has 0 unspecified atom stereocenters. The summed E-state index contributed by atoms with van der Waals surface area (Å²) in [6.45, 7) is 7.19. The lowest BCUT2D eigenvalue weighted by atomic mass is 9.95. The van der Waals surface area contributed by atoms with E-state index in [-0.39, 0.29) is 24.5 Å². The fourth-order valence-corrected chi connectivity index (χ4v) is 2.97. The molecule has 1 aliphatic rings. The van der Waals surface area contributed by atoms with Crippen molar-refractivity contribution in [1.29, 1.82) is 0 Å². The van der Waals surface area contributed by atoms with E-state index in [4.69, 9.17) is 14.2 Å². The first kappa shape index (κ1) is 18.1. The number of carbonyl (C=O) groups excluding carboxylic acids is 1. The molecule has 26 heavy (non-hydrogen) atoms. The number of hydrogen-bond acceptors (Lipinski definition) is 4. The van der Waals surface area contributed by atoms with Gasteiger partial charge in [-0.2, -0.15) is 0 Å². The Morgan fingerprint density at radius 2 is 1.85 bits per heavy atom. The van der Waals surface area contributed by atoms with Gasteiger partial charge >= 0.3 is 0 Å². The maximum absolute atomic E-state index is 12.4. The van der Waals surface area contributed by atoms with Gasteiger partial charge in [0, 0.05) is 0 Å². The molecule has 0 fully saturated rings. The fourth-order valence-electron chi connectivity index (χ4n) is 2.97. The van der Waals surface area contributed by atoms with E-state index in [1.807, 2.05) is 49.4 Å². The van der Waals surface area contributed by atoms with Crippen LogP contribution in [-0.4, -0.2) is 25.7 Å². The van der Waals surface area contributed by atoms with Crippen molar-refractivity contribution >= 4 is 5.91 Å². The molecule has 1 atom stereocenters. The Balaban J connectivity index is 1.66. The molecule has 0 bridgehead atoms. The highest BCUT2D eigenvalue weighted by Gasteiger charge is 2.21. The molecule has 5 nitrogen and oxygen atoms in total. The topological polar surface area (TPSA) is 56.8 Å². The molecule has 1 heterocycles. The Hall–Kier alpha value is -2.69. The third kappa shape index (κ3) is 4.28. The number of rotatable bonds is 6. The third-order valence-electron chi connectivity index (χ3n) is 4.36. The minimum atomic E-state index is -0.151. The number of carbonyl (C=O) groups is 1. The zero-order valence-corrected chi connectivity index (χ0v) is 15.5. The van der Waals surface area contributed by atoms with Crippen LogP contribution in [0.15, 0.2) is 42.5 Å². The van der Waals surface area contributed by atoms with Gasteiger partial charge in [0.15, 0.2) is 18.1 Å². The van der Waals surface area contributed by atoms with Gasteiger partial charge in [-0.15, -0.1) is 0 Å². The fraction of sp³-hybridized carbons (Fsp3) is 0.381. The van der Waals surface area contributed by atoms with Crippen LogP contribution in [-0.2, 0) is 4.79 Å². The second kappa shape index (κ2) is 8.13. The van der Waals surface area contributed by atoms with Gasteiger partial charge < -0.3 is 19.5 Å². The first-order chi connectivity index (χ1) is 12.5. The van der Waals surface area contributed by atoms with Gasteiger partial charge in [-0.25, -0.2) is 0 Å². The van der Waals surface area contributed by atoms with Crippen molar-refractivity contribution in [3.05, 3.63) is 53.6 Å². The quantitative estimate of drug-likeness (QED) is 0.859. The highest BCUT2D eigenvalue weighted by atomic mass is 16.6. The molecule has 0 aliphatic carbocycles. The van der Waals surface area contributed by atoms with Gasteiger partial charge in [0.25, 0.3) is 5.91 Å². The number of ether oxygens (including phenoxy) is 3. The molecule has 3 rings (SSSR count). The van der Waals surface area contributed by atoms with Crippen LogP contribution in [0.4, 0.5) is 0 Å². The number of aryl methyl sites for hydroxylation is 1. The van der Waals surface area contributed by atoms with Crippen molar-refractivity contribution in [2.24, 2.45) is 5.92 Å². The van der Waals surface area contributed by atoms with E-state index in [9.17, 15) is 4.79 Å². The van der Waals surface area contributed by atoms with Gasteiger partial charge in [-0.05, 0) is 42.2 Å². The lowest BCUT2D eigenvalue weighted by molar-refractivity contribution is -0.124. The van der Waals surface area contributed by atoms with Crippen molar-refractivity contribution < 1.29 is 19.0 Å². The standard InChI is InChI=1S/C21H25NO4/c1-14(2)21(16-8-9-18-19(12-16)25-11-10-24-18)22-20(23)13-26-17-7-5-4-6-15(17)3/h4-9,12,14,21H,10-11,13H2,1-3H3,(H,22,23)/t21-/m0/s1. The molecule has 1 N–H and O–H groups in total. The molecular formula is C21H25NO4. The van der Waals surface area contributed by atoms with E-state index in [0.717, 1.165) is 28.4 Å². The van der Waals surface area contributed by atoms with Crippen LogP contribution >= 0.6 is 0 Å². The number of nitrogens with one attached hydrogen (secondary N) is 1. The van der Waals surface area contributed by atoms with Crippen molar-refractivity contribution in [3.8, 4) is 17.2 Å². The van der Waals surface area contributed by atoms with Crippen molar-refractivity contribution in [2.45, 2.75) is 26.8 Å². The van der Waals surface area contributed by atoms with E-state index in [1.165, 1.54) is 0 Å². The van der Waals surface area contributed by atoms with Gasteiger partial charge in [-0.3, -0.25) is 4.79 Å². The Bertz CT molecular complexity index is 772. The molecule has 0 saturated carbocycles. The molecule has 2 aromatic rings. The summed E-state index contributed by atoms with van der Waals surface area (Å²) in [5.74, 6) is 2.27.